The van der Waals surface area contributed by atoms with Crippen molar-refractivity contribution in [1.29, 1.82) is 0 Å². The number of methoxy groups -OCH3 is 2. The van der Waals surface area contributed by atoms with E-state index in [0.717, 1.165) is 5.56 Å². The van der Waals surface area contributed by atoms with E-state index in [0.29, 0.717) is 30.4 Å². The van der Waals surface area contributed by atoms with Crippen molar-refractivity contribution >= 4 is 5.91 Å². The number of ether oxygens (including phenoxy) is 2. The Morgan fingerprint density at radius 3 is 2.44 bits per heavy atom. The van der Waals surface area contributed by atoms with E-state index in [-0.39, 0.29) is 5.91 Å². The topological polar surface area (TPSA) is 47.6 Å². The molecule has 1 rings (SSSR count). The second kappa shape index (κ2) is 6.89. The minimum atomic E-state index is 0.0692. The van der Waals surface area contributed by atoms with E-state index in [9.17, 15) is 4.79 Å². The normalized spacial score (nSPS) is 10.3. The molecule has 0 aromatic heterocycles. The Bertz CT molecular complexity index is 402. The second-order valence-electron chi connectivity index (χ2n) is 4.56. The SMILES string of the molecule is COc1ccc(CNC(=O)CC(C)C)cc1OC. The summed E-state index contributed by atoms with van der Waals surface area (Å²) in [5.74, 6) is 1.80. The van der Waals surface area contributed by atoms with Gasteiger partial charge >= 0.3 is 0 Å². The summed E-state index contributed by atoms with van der Waals surface area (Å²) < 4.78 is 10.4. The molecular formula is C14H21NO3. The molecule has 100 valence electrons. The fourth-order valence-corrected chi connectivity index (χ4v) is 1.63. The Morgan fingerprint density at radius 1 is 1.22 bits per heavy atom. The standard InChI is InChI=1S/C14H21NO3/c1-10(2)7-14(16)15-9-11-5-6-12(17-3)13(8-11)18-4/h5-6,8,10H,7,9H2,1-4H3,(H,15,16). The Morgan fingerprint density at radius 2 is 1.89 bits per heavy atom. The molecule has 18 heavy (non-hydrogen) atoms. The van der Waals surface area contributed by atoms with Gasteiger partial charge in [-0.2, -0.15) is 0 Å². The maximum absolute atomic E-state index is 11.5. The van der Waals surface area contributed by atoms with E-state index in [1.165, 1.54) is 0 Å². The van der Waals surface area contributed by atoms with E-state index in [2.05, 4.69) is 5.32 Å². The first-order valence-corrected chi connectivity index (χ1v) is 6.04. The Kier molecular flexibility index (Phi) is 5.49. The Hall–Kier alpha value is -1.71. The zero-order valence-corrected chi connectivity index (χ0v) is 11.4. The maximum atomic E-state index is 11.5. The van der Waals surface area contributed by atoms with Crippen LogP contribution in [-0.2, 0) is 11.3 Å². The van der Waals surface area contributed by atoms with Crippen molar-refractivity contribution < 1.29 is 14.3 Å². The third-order valence-electron chi connectivity index (χ3n) is 2.53. The van der Waals surface area contributed by atoms with Crippen LogP contribution < -0.4 is 14.8 Å². The highest BCUT2D eigenvalue weighted by Crippen LogP contribution is 2.27. The lowest BCUT2D eigenvalue weighted by Gasteiger charge is -2.11. The monoisotopic (exact) mass is 251 g/mol. The van der Waals surface area contributed by atoms with E-state index >= 15 is 0 Å². The molecule has 4 heteroatoms. The van der Waals surface area contributed by atoms with Gasteiger partial charge in [0.2, 0.25) is 5.91 Å². The maximum Gasteiger partial charge on any atom is 0.220 e. The lowest BCUT2D eigenvalue weighted by atomic mass is 10.1. The average Bonchev–Trinajstić information content (AvgIpc) is 2.35. The molecule has 0 saturated heterocycles. The van der Waals surface area contributed by atoms with Crippen molar-refractivity contribution in [3.63, 3.8) is 0 Å². The molecule has 0 aliphatic carbocycles. The molecule has 0 spiro atoms. The first-order valence-electron chi connectivity index (χ1n) is 6.04. The molecule has 0 aliphatic rings. The lowest BCUT2D eigenvalue weighted by molar-refractivity contribution is -0.121. The van der Waals surface area contributed by atoms with Gasteiger partial charge in [-0.05, 0) is 23.6 Å². The van der Waals surface area contributed by atoms with Crippen LogP contribution in [0.5, 0.6) is 11.5 Å². The van der Waals surface area contributed by atoms with Gasteiger partial charge in [-0.25, -0.2) is 0 Å². The van der Waals surface area contributed by atoms with Crippen molar-refractivity contribution in [2.24, 2.45) is 5.92 Å². The van der Waals surface area contributed by atoms with Crippen LogP contribution in [0.25, 0.3) is 0 Å². The summed E-state index contributed by atoms with van der Waals surface area (Å²) in [6.07, 6.45) is 0.549. The molecule has 0 fully saturated rings. The van der Waals surface area contributed by atoms with Gasteiger partial charge in [0.25, 0.3) is 0 Å². The van der Waals surface area contributed by atoms with Crippen LogP contribution in [0, 0.1) is 5.92 Å². The van der Waals surface area contributed by atoms with Crippen LogP contribution in [0.3, 0.4) is 0 Å². The van der Waals surface area contributed by atoms with Crippen molar-refractivity contribution in [3.05, 3.63) is 23.8 Å². The highest BCUT2D eigenvalue weighted by Gasteiger charge is 2.07. The van der Waals surface area contributed by atoms with Crippen molar-refractivity contribution in [2.75, 3.05) is 14.2 Å². The molecule has 0 saturated carbocycles. The highest BCUT2D eigenvalue weighted by atomic mass is 16.5. The number of amides is 1. The molecule has 0 aliphatic heterocycles. The van der Waals surface area contributed by atoms with Gasteiger partial charge in [-0.15, -0.1) is 0 Å². The first kappa shape index (κ1) is 14.4. The fourth-order valence-electron chi connectivity index (χ4n) is 1.63. The van der Waals surface area contributed by atoms with Gasteiger partial charge in [0.15, 0.2) is 11.5 Å². The minimum absolute atomic E-state index is 0.0692. The van der Waals surface area contributed by atoms with Gasteiger partial charge in [-0.3, -0.25) is 4.79 Å². The van der Waals surface area contributed by atoms with Crippen LogP contribution in [0.2, 0.25) is 0 Å². The van der Waals surface area contributed by atoms with Crippen LogP contribution in [0.1, 0.15) is 25.8 Å². The molecule has 0 unspecified atom stereocenters. The fraction of sp³-hybridized carbons (Fsp3) is 0.500. The number of carbonyl (C=O) groups excluding carboxylic acids is 1. The summed E-state index contributed by atoms with van der Waals surface area (Å²) >= 11 is 0. The smallest absolute Gasteiger partial charge is 0.220 e. The van der Waals surface area contributed by atoms with Crippen molar-refractivity contribution in [3.8, 4) is 11.5 Å². The molecular weight excluding hydrogens is 230 g/mol. The Balaban J connectivity index is 2.60. The molecule has 1 aromatic carbocycles. The van der Waals surface area contributed by atoms with E-state index in [1.54, 1.807) is 14.2 Å². The van der Waals surface area contributed by atoms with E-state index in [4.69, 9.17) is 9.47 Å². The van der Waals surface area contributed by atoms with Crippen LogP contribution >= 0.6 is 0 Å². The minimum Gasteiger partial charge on any atom is -0.493 e. The summed E-state index contributed by atoms with van der Waals surface area (Å²) in [5.41, 5.74) is 0.991. The predicted octanol–water partition coefficient (Wildman–Crippen LogP) is 2.37. The van der Waals surface area contributed by atoms with Crippen LogP contribution in [0.4, 0.5) is 0 Å². The highest BCUT2D eigenvalue weighted by molar-refractivity contribution is 5.76. The number of hydrogen-bond acceptors (Lipinski definition) is 3. The number of rotatable bonds is 6. The molecule has 1 amide bonds. The van der Waals surface area contributed by atoms with Gasteiger partial charge in [-0.1, -0.05) is 19.9 Å². The van der Waals surface area contributed by atoms with Gasteiger partial charge in [0.1, 0.15) is 0 Å². The molecule has 1 N–H and O–H groups in total. The third kappa shape index (κ3) is 4.28. The van der Waals surface area contributed by atoms with Gasteiger partial charge < -0.3 is 14.8 Å². The molecule has 0 heterocycles. The van der Waals surface area contributed by atoms with Gasteiger partial charge in [0, 0.05) is 13.0 Å². The predicted molar refractivity (Wildman–Crippen MR) is 70.8 cm³/mol. The van der Waals surface area contributed by atoms with Crippen molar-refractivity contribution in [1.82, 2.24) is 5.32 Å². The third-order valence-corrected chi connectivity index (χ3v) is 2.53. The molecule has 0 radical (unpaired) electrons. The van der Waals surface area contributed by atoms with Crippen molar-refractivity contribution in [2.45, 2.75) is 26.8 Å². The number of hydrogen-bond donors (Lipinski definition) is 1. The van der Waals surface area contributed by atoms with Crippen LogP contribution in [0.15, 0.2) is 18.2 Å². The first-order chi connectivity index (χ1) is 8.56. The quantitative estimate of drug-likeness (QED) is 0.844. The molecule has 4 nitrogen and oxygen atoms in total. The average molecular weight is 251 g/mol. The summed E-state index contributed by atoms with van der Waals surface area (Å²) in [5, 5.41) is 2.88. The summed E-state index contributed by atoms with van der Waals surface area (Å²) in [7, 11) is 3.20. The summed E-state index contributed by atoms with van der Waals surface area (Å²) in [6, 6.07) is 5.62. The summed E-state index contributed by atoms with van der Waals surface area (Å²) in [6.45, 7) is 4.55. The largest absolute Gasteiger partial charge is 0.493 e. The summed E-state index contributed by atoms with van der Waals surface area (Å²) in [4.78, 5) is 11.5. The molecule has 0 atom stereocenters. The number of nitrogens with one attached hydrogen (secondary N) is 1. The Labute approximate surface area is 108 Å². The van der Waals surface area contributed by atoms with Gasteiger partial charge in [0.05, 0.1) is 14.2 Å². The number of benzene rings is 1. The van der Waals surface area contributed by atoms with E-state index < -0.39 is 0 Å². The number of carbonyl (C=O) groups is 1. The molecule has 1 aromatic rings. The van der Waals surface area contributed by atoms with E-state index in [1.807, 2.05) is 32.0 Å². The lowest BCUT2D eigenvalue weighted by Crippen LogP contribution is -2.23. The zero-order valence-electron chi connectivity index (χ0n) is 11.4. The van der Waals surface area contributed by atoms with Crippen LogP contribution in [-0.4, -0.2) is 20.1 Å². The zero-order chi connectivity index (χ0) is 13.5. The second-order valence-corrected chi connectivity index (χ2v) is 4.56. The molecule has 0 bridgehead atoms.